The second-order valence-corrected chi connectivity index (χ2v) is 5.56. The molecular formula is C17H19ClN4O4. The first kappa shape index (κ1) is 19.5. The molecule has 0 aliphatic carbocycles. The SMILES string of the molecule is C.CCOC(=O)c1c(Cl)cccc1OCc1cc(=O)n2[nH]c(C)nc2n1. The number of aryl methyl sites for hydroxylation is 1. The minimum Gasteiger partial charge on any atom is -0.486 e. The van der Waals surface area contributed by atoms with Crippen LogP contribution in [-0.2, 0) is 11.3 Å². The van der Waals surface area contributed by atoms with Crippen LogP contribution >= 0.6 is 11.6 Å². The summed E-state index contributed by atoms with van der Waals surface area (Å²) in [7, 11) is 0. The van der Waals surface area contributed by atoms with Crippen LogP contribution in [-0.4, -0.2) is 32.2 Å². The van der Waals surface area contributed by atoms with E-state index in [2.05, 4.69) is 15.1 Å². The summed E-state index contributed by atoms with van der Waals surface area (Å²) in [5, 5.41) is 3.01. The molecule has 138 valence electrons. The van der Waals surface area contributed by atoms with Crippen molar-refractivity contribution in [1.82, 2.24) is 19.6 Å². The Labute approximate surface area is 154 Å². The van der Waals surface area contributed by atoms with Gasteiger partial charge in [0.2, 0.25) is 0 Å². The highest BCUT2D eigenvalue weighted by atomic mass is 35.5. The van der Waals surface area contributed by atoms with Crippen LogP contribution in [0.4, 0.5) is 0 Å². The lowest BCUT2D eigenvalue weighted by molar-refractivity contribution is 0.0521. The van der Waals surface area contributed by atoms with E-state index < -0.39 is 5.97 Å². The number of H-pyrrole nitrogens is 1. The highest BCUT2D eigenvalue weighted by molar-refractivity contribution is 6.34. The average molecular weight is 379 g/mol. The Bertz CT molecular complexity index is 996. The van der Waals surface area contributed by atoms with Crippen LogP contribution in [0.25, 0.3) is 5.78 Å². The van der Waals surface area contributed by atoms with E-state index in [0.717, 1.165) is 0 Å². The zero-order valence-electron chi connectivity index (χ0n) is 13.6. The Morgan fingerprint density at radius 2 is 2.12 bits per heavy atom. The second-order valence-electron chi connectivity index (χ2n) is 5.15. The van der Waals surface area contributed by atoms with Crippen molar-refractivity contribution in [2.24, 2.45) is 0 Å². The molecule has 9 heteroatoms. The first-order valence-corrected chi connectivity index (χ1v) is 7.91. The molecule has 1 aromatic carbocycles. The third-order valence-corrected chi connectivity index (χ3v) is 3.64. The summed E-state index contributed by atoms with van der Waals surface area (Å²) in [5.41, 5.74) is 0.214. The summed E-state index contributed by atoms with van der Waals surface area (Å²) < 4.78 is 11.9. The fourth-order valence-electron chi connectivity index (χ4n) is 2.28. The molecular weight excluding hydrogens is 360 g/mol. The summed E-state index contributed by atoms with van der Waals surface area (Å²) in [6.07, 6.45) is 0. The van der Waals surface area contributed by atoms with Gasteiger partial charge in [0.15, 0.2) is 0 Å². The van der Waals surface area contributed by atoms with Gasteiger partial charge in [-0.1, -0.05) is 25.1 Å². The van der Waals surface area contributed by atoms with Gasteiger partial charge in [-0.15, -0.1) is 0 Å². The fraction of sp³-hybridized carbons (Fsp3) is 0.294. The monoisotopic (exact) mass is 378 g/mol. The van der Waals surface area contributed by atoms with Gasteiger partial charge in [0.1, 0.15) is 23.7 Å². The zero-order chi connectivity index (χ0) is 18.0. The maximum absolute atomic E-state index is 12.1. The number of rotatable bonds is 5. The molecule has 2 aromatic heterocycles. The smallest absolute Gasteiger partial charge is 0.343 e. The van der Waals surface area contributed by atoms with E-state index in [1.807, 2.05) is 0 Å². The summed E-state index contributed by atoms with van der Waals surface area (Å²) in [5.74, 6) is 0.503. The highest BCUT2D eigenvalue weighted by Gasteiger charge is 2.18. The van der Waals surface area contributed by atoms with E-state index in [1.54, 1.807) is 32.0 Å². The van der Waals surface area contributed by atoms with Gasteiger partial charge in [-0.25, -0.2) is 9.78 Å². The first-order valence-electron chi connectivity index (χ1n) is 7.53. The lowest BCUT2D eigenvalue weighted by Gasteiger charge is -2.11. The lowest BCUT2D eigenvalue weighted by atomic mass is 10.2. The molecule has 0 atom stereocenters. The Kier molecular flexibility index (Phi) is 5.99. The highest BCUT2D eigenvalue weighted by Crippen LogP contribution is 2.27. The molecule has 0 unspecified atom stereocenters. The first-order chi connectivity index (χ1) is 12.0. The van der Waals surface area contributed by atoms with Crippen molar-refractivity contribution < 1.29 is 14.3 Å². The number of carbonyl (C=O) groups excluding carboxylic acids is 1. The van der Waals surface area contributed by atoms with Gasteiger partial charge in [0.05, 0.1) is 17.3 Å². The van der Waals surface area contributed by atoms with Crippen LogP contribution in [0.15, 0.2) is 29.1 Å². The minimum absolute atomic E-state index is 0. The molecule has 0 aliphatic rings. The number of nitrogens with zero attached hydrogens (tertiary/aromatic N) is 3. The molecule has 0 amide bonds. The number of aromatic nitrogens is 4. The predicted molar refractivity (Wildman–Crippen MR) is 96.8 cm³/mol. The van der Waals surface area contributed by atoms with Gasteiger partial charge >= 0.3 is 5.97 Å². The van der Waals surface area contributed by atoms with Crippen LogP contribution in [0.3, 0.4) is 0 Å². The average Bonchev–Trinajstić information content (AvgIpc) is 2.94. The second kappa shape index (κ2) is 8.01. The molecule has 0 spiro atoms. The van der Waals surface area contributed by atoms with Crippen LogP contribution in [0.1, 0.15) is 36.2 Å². The third-order valence-electron chi connectivity index (χ3n) is 3.33. The van der Waals surface area contributed by atoms with Gasteiger partial charge in [0.25, 0.3) is 11.3 Å². The minimum atomic E-state index is -0.575. The van der Waals surface area contributed by atoms with Crippen LogP contribution in [0.2, 0.25) is 5.02 Å². The number of carbonyl (C=O) groups is 1. The summed E-state index contributed by atoms with van der Waals surface area (Å²) in [6, 6.07) is 6.16. The molecule has 0 aliphatic heterocycles. The molecule has 0 radical (unpaired) electrons. The van der Waals surface area contributed by atoms with Crippen LogP contribution in [0.5, 0.6) is 5.75 Å². The molecule has 3 aromatic rings. The van der Waals surface area contributed by atoms with Crippen molar-refractivity contribution in [3.63, 3.8) is 0 Å². The van der Waals surface area contributed by atoms with E-state index in [0.29, 0.717) is 11.5 Å². The van der Waals surface area contributed by atoms with Crippen molar-refractivity contribution >= 4 is 23.3 Å². The van der Waals surface area contributed by atoms with Gasteiger partial charge < -0.3 is 9.47 Å². The number of hydrogen-bond acceptors (Lipinski definition) is 6. The lowest BCUT2D eigenvalue weighted by Crippen LogP contribution is -2.17. The van der Waals surface area contributed by atoms with Crippen molar-refractivity contribution in [2.45, 2.75) is 27.9 Å². The fourth-order valence-corrected chi connectivity index (χ4v) is 2.53. The standard InChI is InChI=1S/C16H15ClN4O4.CH4/c1-3-24-15(23)14-11(17)5-4-6-12(14)25-8-10-7-13(22)21-16(19-10)18-9(2)20-21;/h4-7H,3,8H2,1-2H3,(H,18,19,20);1H4. The van der Waals surface area contributed by atoms with Gasteiger partial charge in [0, 0.05) is 6.07 Å². The topological polar surface area (TPSA) is 98.6 Å². The Hall–Kier alpha value is -2.87. The molecule has 0 fully saturated rings. The van der Waals surface area contributed by atoms with Crippen molar-refractivity contribution in [3.8, 4) is 5.75 Å². The third kappa shape index (κ3) is 3.85. The number of aromatic amines is 1. The quantitative estimate of drug-likeness (QED) is 0.685. The molecule has 0 saturated heterocycles. The Morgan fingerprint density at radius 3 is 2.85 bits per heavy atom. The molecule has 0 saturated carbocycles. The number of ether oxygens (including phenoxy) is 2. The number of esters is 1. The molecule has 1 N–H and O–H groups in total. The maximum atomic E-state index is 12.1. The van der Waals surface area contributed by atoms with Crippen molar-refractivity contribution in [2.75, 3.05) is 6.61 Å². The predicted octanol–water partition coefficient (Wildman–Crippen LogP) is 2.77. The summed E-state index contributed by atoms with van der Waals surface area (Å²) >= 11 is 6.08. The number of nitrogens with one attached hydrogen (secondary N) is 1. The largest absolute Gasteiger partial charge is 0.486 e. The number of benzene rings is 1. The zero-order valence-corrected chi connectivity index (χ0v) is 14.3. The number of fused-ring (bicyclic) bond motifs is 1. The summed E-state index contributed by atoms with van der Waals surface area (Å²) in [6.45, 7) is 3.62. The van der Waals surface area contributed by atoms with E-state index in [1.165, 1.54) is 10.6 Å². The Morgan fingerprint density at radius 1 is 1.35 bits per heavy atom. The van der Waals surface area contributed by atoms with Gasteiger partial charge in [-0.05, 0) is 26.0 Å². The van der Waals surface area contributed by atoms with Gasteiger partial charge in [-0.3, -0.25) is 9.89 Å². The van der Waals surface area contributed by atoms with E-state index >= 15 is 0 Å². The van der Waals surface area contributed by atoms with Crippen LogP contribution in [0, 0.1) is 6.92 Å². The maximum Gasteiger partial charge on any atom is 0.343 e. The molecule has 0 bridgehead atoms. The van der Waals surface area contributed by atoms with E-state index in [4.69, 9.17) is 21.1 Å². The van der Waals surface area contributed by atoms with Crippen molar-refractivity contribution in [3.05, 3.63) is 56.7 Å². The number of hydrogen-bond donors (Lipinski definition) is 1. The van der Waals surface area contributed by atoms with E-state index in [-0.39, 0.29) is 48.3 Å². The molecule has 2 heterocycles. The number of halogens is 1. The summed E-state index contributed by atoms with van der Waals surface area (Å²) in [4.78, 5) is 32.5. The van der Waals surface area contributed by atoms with Crippen LogP contribution < -0.4 is 10.3 Å². The molecule has 8 nitrogen and oxygen atoms in total. The molecule has 3 rings (SSSR count). The van der Waals surface area contributed by atoms with E-state index in [9.17, 15) is 9.59 Å². The molecule has 26 heavy (non-hydrogen) atoms. The van der Waals surface area contributed by atoms with Crippen molar-refractivity contribution in [1.29, 1.82) is 0 Å². The Balaban J connectivity index is 0.00000243. The van der Waals surface area contributed by atoms with Gasteiger partial charge in [-0.2, -0.15) is 9.50 Å². The normalized spacial score (nSPS) is 10.4.